The number of nitrogens with zero attached hydrogens (tertiary/aromatic N) is 2. The van der Waals surface area contributed by atoms with Gasteiger partial charge in [0, 0.05) is 31.4 Å². The number of rotatable bonds is 3. The Kier molecular flexibility index (Phi) is 5.95. The number of allylic oxidation sites excluding steroid dienone is 1. The van der Waals surface area contributed by atoms with Gasteiger partial charge in [-0.15, -0.1) is 0 Å². The molecule has 1 amide bonds. The highest BCUT2D eigenvalue weighted by Crippen LogP contribution is 2.28. The Morgan fingerprint density at radius 3 is 2.50 bits per heavy atom. The number of aromatic carboxylic acids is 1. The van der Waals surface area contributed by atoms with Crippen LogP contribution in [0.5, 0.6) is 0 Å². The summed E-state index contributed by atoms with van der Waals surface area (Å²) in [4.78, 5) is 27.5. The molecule has 0 aliphatic carbocycles. The first kappa shape index (κ1) is 19.8. The van der Waals surface area contributed by atoms with E-state index < -0.39 is 11.6 Å². The molecule has 0 radical (unpaired) electrons. The summed E-state index contributed by atoms with van der Waals surface area (Å²) in [5.41, 5.74) is 1.60. The molecule has 1 aliphatic heterocycles. The second-order valence-electron chi connectivity index (χ2n) is 7.55. The van der Waals surface area contributed by atoms with Gasteiger partial charge in [0.25, 0.3) is 0 Å². The third kappa shape index (κ3) is 4.77. The van der Waals surface area contributed by atoms with Gasteiger partial charge in [-0.25, -0.2) is 9.59 Å². The summed E-state index contributed by atoms with van der Waals surface area (Å²) in [5, 5.41) is 9.22. The van der Waals surface area contributed by atoms with E-state index in [-0.39, 0.29) is 17.7 Å². The minimum absolute atomic E-state index is 0.0935. The van der Waals surface area contributed by atoms with E-state index in [9.17, 15) is 14.7 Å². The summed E-state index contributed by atoms with van der Waals surface area (Å²) in [6.07, 6.45) is 3.51. The fourth-order valence-electron chi connectivity index (χ4n) is 3.07. The van der Waals surface area contributed by atoms with E-state index in [1.165, 1.54) is 0 Å². The van der Waals surface area contributed by atoms with Crippen LogP contribution in [-0.2, 0) is 4.74 Å². The molecule has 6 heteroatoms. The number of carbonyl (C=O) groups is 2. The number of ether oxygens (including phenoxy) is 1. The Morgan fingerprint density at radius 2 is 1.96 bits per heavy atom. The summed E-state index contributed by atoms with van der Waals surface area (Å²) in [5.74, 6) is -0.940. The van der Waals surface area contributed by atoms with Gasteiger partial charge in [-0.05, 0) is 58.4 Å². The van der Waals surface area contributed by atoms with Crippen molar-refractivity contribution in [1.82, 2.24) is 4.90 Å². The van der Waals surface area contributed by atoms with Crippen molar-refractivity contribution >= 4 is 23.8 Å². The number of carboxylic acid groups (broad SMARTS) is 1. The van der Waals surface area contributed by atoms with Crippen molar-refractivity contribution in [2.75, 3.05) is 24.5 Å². The molecule has 26 heavy (non-hydrogen) atoms. The van der Waals surface area contributed by atoms with Crippen LogP contribution in [0.1, 0.15) is 50.5 Å². The normalized spacial score (nSPS) is 18.3. The topological polar surface area (TPSA) is 70.1 Å². The highest BCUT2D eigenvalue weighted by Gasteiger charge is 2.30. The molecule has 0 aromatic heterocycles. The fraction of sp³-hybridized carbons (Fsp3) is 0.500. The van der Waals surface area contributed by atoms with Gasteiger partial charge < -0.3 is 19.6 Å². The van der Waals surface area contributed by atoms with Crippen LogP contribution in [0.4, 0.5) is 10.5 Å². The summed E-state index contributed by atoms with van der Waals surface area (Å²) < 4.78 is 5.46. The molecule has 1 heterocycles. The SMILES string of the molecule is C/C=C\c1cc(C(=O)O)ccc1N1CCN(C(=O)OC(C)(C)C)CC1C. The van der Waals surface area contributed by atoms with E-state index in [4.69, 9.17) is 4.74 Å². The van der Waals surface area contributed by atoms with Crippen molar-refractivity contribution in [3.63, 3.8) is 0 Å². The van der Waals surface area contributed by atoms with Crippen LogP contribution in [0.3, 0.4) is 0 Å². The van der Waals surface area contributed by atoms with Gasteiger partial charge in [0.05, 0.1) is 5.56 Å². The lowest BCUT2D eigenvalue weighted by molar-refractivity contribution is 0.0218. The van der Waals surface area contributed by atoms with Gasteiger partial charge in [-0.1, -0.05) is 12.2 Å². The van der Waals surface area contributed by atoms with E-state index >= 15 is 0 Å². The molecule has 1 N–H and O–H groups in total. The van der Waals surface area contributed by atoms with E-state index in [1.54, 1.807) is 17.0 Å². The molecule has 1 aromatic carbocycles. The molecule has 0 bridgehead atoms. The molecule has 2 rings (SSSR count). The highest BCUT2D eigenvalue weighted by molar-refractivity contribution is 5.90. The Hall–Kier alpha value is -2.50. The molecular weight excluding hydrogens is 332 g/mol. The molecular formula is C20H28N2O4. The molecule has 6 nitrogen and oxygen atoms in total. The van der Waals surface area contributed by atoms with Gasteiger partial charge in [0.15, 0.2) is 0 Å². The van der Waals surface area contributed by atoms with Crippen molar-refractivity contribution < 1.29 is 19.4 Å². The minimum Gasteiger partial charge on any atom is -0.478 e. The largest absolute Gasteiger partial charge is 0.478 e. The molecule has 142 valence electrons. The first-order chi connectivity index (χ1) is 12.1. The number of hydrogen-bond acceptors (Lipinski definition) is 4. The number of anilines is 1. The van der Waals surface area contributed by atoms with Crippen LogP contribution < -0.4 is 4.90 Å². The van der Waals surface area contributed by atoms with Crippen LogP contribution in [0.15, 0.2) is 24.3 Å². The second-order valence-corrected chi connectivity index (χ2v) is 7.55. The van der Waals surface area contributed by atoms with Crippen LogP contribution in [0, 0.1) is 0 Å². The van der Waals surface area contributed by atoms with E-state index in [2.05, 4.69) is 11.8 Å². The predicted molar refractivity (Wildman–Crippen MR) is 103 cm³/mol. The monoisotopic (exact) mass is 360 g/mol. The zero-order valence-corrected chi connectivity index (χ0v) is 16.2. The lowest BCUT2D eigenvalue weighted by Gasteiger charge is -2.42. The maximum Gasteiger partial charge on any atom is 0.410 e. The van der Waals surface area contributed by atoms with Crippen LogP contribution in [0.25, 0.3) is 6.08 Å². The molecule has 1 aromatic rings. The molecule has 1 atom stereocenters. The zero-order valence-electron chi connectivity index (χ0n) is 16.2. The van der Waals surface area contributed by atoms with Gasteiger partial charge >= 0.3 is 12.1 Å². The average Bonchev–Trinajstić information content (AvgIpc) is 2.53. The predicted octanol–water partition coefficient (Wildman–Crippen LogP) is 3.86. The van der Waals surface area contributed by atoms with Gasteiger partial charge in [0.2, 0.25) is 0 Å². The van der Waals surface area contributed by atoms with Crippen molar-refractivity contribution in [2.45, 2.75) is 46.3 Å². The van der Waals surface area contributed by atoms with Gasteiger partial charge in [-0.2, -0.15) is 0 Å². The quantitative estimate of drug-likeness (QED) is 0.886. The number of amides is 1. The van der Waals surface area contributed by atoms with Crippen molar-refractivity contribution in [2.24, 2.45) is 0 Å². The Labute approximate surface area is 155 Å². The fourth-order valence-corrected chi connectivity index (χ4v) is 3.07. The number of benzene rings is 1. The zero-order chi connectivity index (χ0) is 19.5. The average molecular weight is 360 g/mol. The third-order valence-electron chi connectivity index (χ3n) is 4.21. The van der Waals surface area contributed by atoms with E-state index in [0.29, 0.717) is 19.6 Å². The molecule has 1 aliphatic rings. The summed E-state index contributed by atoms with van der Waals surface area (Å²) in [6, 6.07) is 5.25. The van der Waals surface area contributed by atoms with Gasteiger partial charge in [0.1, 0.15) is 5.60 Å². The first-order valence-electron chi connectivity index (χ1n) is 8.87. The standard InChI is InChI=1S/C20H28N2O4/c1-6-7-15-12-16(18(23)24)8-9-17(15)22-11-10-21(13-14(22)2)19(25)26-20(3,4)5/h6-9,12,14H,10-11,13H2,1-5H3,(H,23,24)/b7-6-. The van der Waals surface area contributed by atoms with E-state index in [0.717, 1.165) is 11.3 Å². The Bertz CT molecular complexity index is 706. The first-order valence-corrected chi connectivity index (χ1v) is 8.87. The third-order valence-corrected chi connectivity index (χ3v) is 4.21. The summed E-state index contributed by atoms with van der Waals surface area (Å²) in [7, 11) is 0. The highest BCUT2D eigenvalue weighted by atomic mass is 16.6. The lowest BCUT2D eigenvalue weighted by atomic mass is 10.0. The lowest BCUT2D eigenvalue weighted by Crippen LogP contribution is -2.54. The number of carboxylic acids is 1. The minimum atomic E-state index is -0.940. The number of carbonyl (C=O) groups excluding carboxylic acids is 1. The van der Waals surface area contributed by atoms with Crippen molar-refractivity contribution in [1.29, 1.82) is 0 Å². The maximum absolute atomic E-state index is 12.3. The molecule has 0 spiro atoms. The van der Waals surface area contributed by atoms with Crippen LogP contribution in [0.2, 0.25) is 0 Å². The van der Waals surface area contributed by atoms with Gasteiger partial charge in [-0.3, -0.25) is 0 Å². The Morgan fingerprint density at radius 1 is 1.27 bits per heavy atom. The summed E-state index contributed by atoms with van der Waals surface area (Å²) >= 11 is 0. The molecule has 1 unspecified atom stereocenters. The molecule has 0 saturated carbocycles. The van der Waals surface area contributed by atoms with Crippen molar-refractivity contribution in [3.8, 4) is 0 Å². The van der Waals surface area contributed by atoms with E-state index in [1.807, 2.05) is 45.9 Å². The Balaban J connectivity index is 2.19. The summed E-state index contributed by atoms with van der Waals surface area (Å²) in [6.45, 7) is 11.3. The number of hydrogen-bond donors (Lipinski definition) is 1. The molecule has 1 saturated heterocycles. The molecule has 1 fully saturated rings. The number of piperazine rings is 1. The van der Waals surface area contributed by atoms with Crippen molar-refractivity contribution in [3.05, 3.63) is 35.4 Å². The second kappa shape index (κ2) is 7.81. The van der Waals surface area contributed by atoms with Crippen LogP contribution in [-0.4, -0.2) is 53.3 Å². The maximum atomic E-state index is 12.3. The van der Waals surface area contributed by atoms with Crippen LogP contribution >= 0.6 is 0 Å². The smallest absolute Gasteiger partial charge is 0.410 e.